The second kappa shape index (κ2) is 3.38. The molecular weight excluding hydrogens is 196 g/mol. The number of carbonyl (C=O) groups is 1. The van der Waals surface area contributed by atoms with Crippen molar-refractivity contribution < 1.29 is 4.79 Å². The minimum atomic E-state index is -0.330. The number of carbonyl (C=O) groups excluding carboxylic acids is 1. The molecule has 1 aromatic carbocycles. The van der Waals surface area contributed by atoms with Crippen LogP contribution in [0.2, 0.25) is 0 Å². The Kier molecular flexibility index (Phi) is 2.21. The Morgan fingerprint density at radius 1 is 1.29 bits per heavy atom. The van der Waals surface area contributed by atoms with Gasteiger partial charge in [0.15, 0.2) is 5.11 Å². The van der Waals surface area contributed by atoms with Crippen LogP contribution in [0.25, 0.3) is 0 Å². The second-order valence-corrected chi connectivity index (χ2v) is 3.71. The van der Waals surface area contributed by atoms with Gasteiger partial charge in [0.05, 0.1) is 0 Å². The predicted octanol–water partition coefficient (Wildman–Crippen LogP) is 1.04. The fourth-order valence-corrected chi connectivity index (χ4v) is 1.63. The Hall–Kier alpha value is -1.42. The number of benzene rings is 1. The molecule has 0 bridgehead atoms. The van der Waals surface area contributed by atoms with Gasteiger partial charge in [-0.15, -0.1) is 0 Å². The third kappa shape index (κ3) is 1.61. The first kappa shape index (κ1) is 9.15. The summed E-state index contributed by atoms with van der Waals surface area (Å²) in [6.07, 6.45) is 0. The average Bonchev–Trinajstić information content (AvgIpc) is 2.47. The maximum atomic E-state index is 11.4. The molecule has 14 heavy (non-hydrogen) atoms. The quantitative estimate of drug-likeness (QED) is 0.675. The highest BCUT2D eigenvalue weighted by Crippen LogP contribution is 2.16. The number of aryl methyl sites for hydroxylation is 1. The third-order valence-electron chi connectivity index (χ3n) is 2.19. The molecule has 1 unspecified atom stereocenters. The van der Waals surface area contributed by atoms with Gasteiger partial charge in [-0.1, -0.05) is 29.8 Å². The van der Waals surface area contributed by atoms with Gasteiger partial charge < -0.3 is 10.6 Å². The summed E-state index contributed by atoms with van der Waals surface area (Å²) in [4.78, 5) is 11.4. The van der Waals surface area contributed by atoms with Crippen molar-refractivity contribution in [2.75, 3.05) is 0 Å². The Morgan fingerprint density at radius 2 is 1.93 bits per heavy atom. The lowest BCUT2D eigenvalue weighted by atomic mass is 10.1. The Labute approximate surface area is 87.5 Å². The molecule has 1 aliphatic heterocycles. The molecule has 1 saturated heterocycles. The number of nitrogens with one attached hydrogen (secondary N) is 2. The van der Waals surface area contributed by atoms with E-state index in [1.807, 2.05) is 31.2 Å². The van der Waals surface area contributed by atoms with Crippen LogP contribution in [0, 0.1) is 6.92 Å². The molecule has 72 valence electrons. The average molecular weight is 206 g/mol. The van der Waals surface area contributed by atoms with Crippen LogP contribution in [-0.2, 0) is 4.79 Å². The first-order valence-corrected chi connectivity index (χ1v) is 4.75. The summed E-state index contributed by atoms with van der Waals surface area (Å²) < 4.78 is 0. The van der Waals surface area contributed by atoms with E-state index in [1.165, 1.54) is 5.56 Å². The van der Waals surface area contributed by atoms with E-state index in [4.69, 9.17) is 12.2 Å². The molecule has 0 radical (unpaired) electrons. The highest BCUT2D eigenvalue weighted by atomic mass is 32.1. The Morgan fingerprint density at radius 3 is 2.43 bits per heavy atom. The minimum Gasteiger partial charge on any atom is -0.347 e. The van der Waals surface area contributed by atoms with Crippen LogP contribution in [-0.4, -0.2) is 11.0 Å². The van der Waals surface area contributed by atoms with Crippen molar-refractivity contribution in [2.45, 2.75) is 13.0 Å². The molecule has 1 amide bonds. The van der Waals surface area contributed by atoms with Crippen LogP contribution in [0.4, 0.5) is 0 Å². The zero-order valence-corrected chi connectivity index (χ0v) is 8.52. The summed E-state index contributed by atoms with van der Waals surface area (Å²) in [6, 6.07) is 7.49. The number of rotatable bonds is 1. The van der Waals surface area contributed by atoms with Crippen molar-refractivity contribution in [3.8, 4) is 0 Å². The first-order valence-electron chi connectivity index (χ1n) is 4.35. The van der Waals surface area contributed by atoms with Crippen LogP contribution >= 0.6 is 12.2 Å². The molecule has 2 rings (SSSR count). The van der Waals surface area contributed by atoms with Crippen LogP contribution < -0.4 is 10.6 Å². The van der Waals surface area contributed by atoms with Crippen LogP contribution in [0.5, 0.6) is 0 Å². The fraction of sp³-hybridized carbons (Fsp3) is 0.200. The third-order valence-corrected chi connectivity index (χ3v) is 2.40. The topological polar surface area (TPSA) is 41.1 Å². The molecule has 1 aromatic rings. The van der Waals surface area contributed by atoms with E-state index in [-0.39, 0.29) is 11.9 Å². The van der Waals surface area contributed by atoms with Gasteiger partial charge in [0, 0.05) is 0 Å². The monoisotopic (exact) mass is 206 g/mol. The zero-order valence-electron chi connectivity index (χ0n) is 7.70. The summed E-state index contributed by atoms with van der Waals surface area (Å²) in [6.45, 7) is 2.01. The van der Waals surface area contributed by atoms with E-state index in [2.05, 4.69) is 10.6 Å². The Bertz CT molecular complexity index is 386. The molecule has 0 spiro atoms. The molecule has 3 nitrogen and oxygen atoms in total. The van der Waals surface area contributed by atoms with Gasteiger partial charge in [0.2, 0.25) is 0 Å². The molecule has 0 aliphatic carbocycles. The zero-order chi connectivity index (χ0) is 10.1. The lowest BCUT2D eigenvalue weighted by Gasteiger charge is -2.07. The number of hydrogen-bond acceptors (Lipinski definition) is 2. The highest BCUT2D eigenvalue weighted by molar-refractivity contribution is 7.80. The van der Waals surface area contributed by atoms with Crippen molar-refractivity contribution in [1.82, 2.24) is 10.6 Å². The first-order chi connectivity index (χ1) is 6.66. The molecular formula is C10H10N2OS. The fourth-order valence-electron chi connectivity index (χ4n) is 1.41. The van der Waals surface area contributed by atoms with Gasteiger partial charge >= 0.3 is 0 Å². The lowest BCUT2D eigenvalue weighted by Crippen LogP contribution is -2.21. The summed E-state index contributed by atoms with van der Waals surface area (Å²) in [5.41, 5.74) is 2.11. The Balaban J connectivity index is 2.27. The summed E-state index contributed by atoms with van der Waals surface area (Å²) in [7, 11) is 0. The van der Waals surface area contributed by atoms with E-state index in [1.54, 1.807) is 0 Å². The van der Waals surface area contributed by atoms with Gasteiger partial charge in [-0.05, 0) is 24.7 Å². The van der Waals surface area contributed by atoms with Crippen molar-refractivity contribution in [3.05, 3.63) is 35.4 Å². The van der Waals surface area contributed by atoms with Crippen LogP contribution in [0.3, 0.4) is 0 Å². The van der Waals surface area contributed by atoms with Crippen molar-refractivity contribution in [3.63, 3.8) is 0 Å². The maximum absolute atomic E-state index is 11.4. The van der Waals surface area contributed by atoms with Crippen LogP contribution in [0.1, 0.15) is 17.2 Å². The van der Waals surface area contributed by atoms with Gasteiger partial charge in [0.1, 0.15) is 6.04 Å². The summed E-state index contributed by atoms with van der Waals surface area (Å²) in [5, 5.41) is 5.87. The summed E-state index contributed by atoms with van der Waals surface area (Å²) >= 11 is 4.86. The minimum absolute atomic E-state index is 0.0844. The van der Waals surface area contributed by atoms with Crippen molar-refractivity contribution in [2.24, 2.45) is 0 Å². The van der Waals surface area contributed by atoms with E-state index < -0.39 is 0 Å². The highest BCUT2D eigenvalue weighted by Gasteiger charge is 2.28. The standard InChI is InChI=1S/C10H10N2OS/c1-6-2-4-7(5-3-6)8-9(13)12-10(14)11-8/h2-5,8H,1H3,(H2,11,12,13,14). The van der Waals surface area contributed by atoms with Gasteiger partial charge in [-0.3, -0.25) is 4.79 Å². The van der Waals surface area contributed by atoms with Crippen molar-refractivity contribution in [1.29, 1.82) is 0 Å². The largest absolute Gasteiger partial charge is 0.347 e. The van der Waals surface area contributed by atoms with Gasteiger partial charge in [-0.2, -0.15) is 0 Å². The molecule has 1 atom stereocenters. The van der Waals surface area contributed by atoms with Crippen molar-refractivity contribution >= 4 is 23.2 Å². The molecule has 0 saturated carbocycles. The summed E-state index contributed by atoms with van der Waals surface area (Å²) in [5.74, 6) is -0.0844. The van der Waals surface area contributed by atoms with E-state index in [0.717, 1.165) is 5.56 Å². The SMILES string of the molecule is Cc1ccc(C2NC(=S)NC2=O)cc1. The molecule has 2 N–H and O–H groups in total. The lowest BCUT2D eigenvalue weighted by molar-refractivity contribution is -0.120. The number of thiocarbonyl (C=S) groups is 1. The molecule has 1 fully saturated rings. The molecule has 1 aliphatic rings. The number of amides is 1. The maximum Gasteiger partial charge on any atom is 0.253 e. The molecule has 4 heteroatoms. The number of hydrogen-bond donors (Lipinski definition) is 2. The molecule has 1 heterocycles. The normalized spacial score (nSPS) is 20.5. The van der Waals surface area contributed by atoms with E-state index in [0.29, 0.717) is 5.11 Å². The van der Waals surface area contributed by atoms with E-state index >= 15 is 0 Å². The second-order valence-electron chi connectivity index (χ2n) is 3.31. The van der Waals surface area contributed by atoms with E-state index in [9.17, 15) is 4.79 Å². The molecule has 0 aromatic heterocycles. The van der Waals surface area contributed by atoms with Gasteiger partial charge in [0.25, 0.3) is 5.91 Å². The van der Waals surface area contributed by atoms with Crippen LogP contribution in [0.15, 0.2) is 24.3 Å². The van der Waals surface area contributed by atoms with Gasteiger partial charge in [-0.25, -0.2) is 0 Å². The smallest absolute Gasteiger partial charge is 0.253 e. The predicted molar refractivity (Wildman–Crippen MR) is 57.8 cm³/mol.